The van der Waals surface area contributed by atoms with Crippen molar-refractivity contribution in [2.75, 3.05) is 13.1 Å². The van der Waals surface area contributed by atoms with E-state index in [1.54, 1.807) is 23.7 Å². The van der Waals surface area contributed by atoms with Crippen molar-refractivity contribution >= 4 is 42.1 Å². The molecule has 1 aliphatic heterocycles. The SMILES string of the molecule is Cl.Cl.N[C@@H]1CCN(C(=O)Cc2csc(-c3cccnc3)n2)C1. The van der Waals surface area contributed by atoms with Gasteiger partial charge in [0.1, 0.15) is 5.01 Å². The summed E-state index contributed by atoms with van der Waals surface area (Å²) in [6.45, 7) is 1.43. The number of hydrogen-bond acceptors (Lipinski definition) is 5. The fourth-order valence-electron chi connectivity index (χ4n) is 2.29. The first kappa shape index (κ1) is 18.8. The van der Waals surface area contributed by atoms with Crippen LogP contribution < -0.4 is 5.73 Å². The van der Waals surface area contributed by atoms with Gasteiger partial charge in [0.25, 0.3) is 0 Å². The Morgan fingerprint density at radius 2 is 2.27 bits per heavy atom. The van der Waals surface area contributed by atoms with Crippen LogP contribution in [0.3, 0.4) is 0 Å². The maximum absolute atomic E-state index is 12.1. The van der Waals surface area contributed by atoms with E-state index in [0.29, 0.717) is 13.0 Å². The molecule has 1 amide bonds. The maximum Gasteiger partial charge on any atom is 0.228 e. The number of aromatic nitrogens is 2. The van der Waals surface area contributed by atoms with Gasteiger partial charge in [0.15, 0.2) is 0 Å². The molecule has 0 saturated carbocycles. The van der Waals surface area contributed by atoms with E-state index in [1.807, 2.05) is 22.4 Å². The van der Waals surface area contributed by atoms with E-state index in [-0.39, 0.29) is 36.8 Å². The van der Waals surface area contributed by atoms with Crippen LogP contribution in [0.15, 0.2) is 29.9 Å². The monoisotopic (exact) mass is 360 g/mol. The molecule has 120 valence electrons. The van der Waals surface area contributed by atoms with E-state index in [0.717, 1.165) is 29.2 Å². The molecule has 8 heteroatoms. The number of likely N-dealkylation sites (tertiary alicyclic amines) is 1. The fraction of sp³-hybridized carbons (Fsp3) is 0.357. The molecule has 22 heavy (non-hydrogen) atoms. The van der Waals surface area contributed by atoms with Crippen molar-refractivity contribution in [3.63, 3.8) is 0 Å². The van der Waals surface area contributed by atoms with Crippen molar-refractivity contribution in [3.05, 3.63) is 35.6 Å². The van der Waals surface area contributed by atoms with E-state index < -0.39 is 0 Å². The Balaban J connectivity index is 0.00000121. The molecule has 0 aromatic carbocycles. The largest absolute Gasteiger partial charge is 0.341 e. The van der Waals surface area contributed by atoms with Gasteiger partial charge in [0, 0.05) is 42.5 Å². The quantitative estimate of drug-likeness (QED) is 0.909. The maximum atomic E-state index is 12.1. The molecule has 0 unspecified atom stereocenters. The first-order valence-corrected chi connectivity index (χ1v) is 7.48. The van der Waals surface area contributed by atoms with Crippen LogP contribution in [0.2, 0.25) is 0 Å². The third kappa shape index (κ3) is 4.39. The van der Waals surface area contributed by atoms with Crippen LogP contribution in [0.25, 0.3) is 10.6 Å². The minimum atomic E-state index is 0. The lowest BCUT2D eigenvalue weighted by Crippen LogP contribution is -2.32. The summed E-state index contributed by atoms with van der Waals surface area (Å²) >= 11 is 1.54. The molecule has 0 spiro atoms. The third-order valence-corrected chi connectivity index (χ3v) is 4.31. The zero-order chi connectivity index (χ0) is 13.9. The number of thiazole rings is 1. The zero-order valence-electron chi connectivity index (χ0n) is 11.8. The molecule has 1 atom stereocenters. The molecular weight excluding hydrogens is 343 g/mol. The molecule has 1 fully saturated rings. The Morgan fingerprint density at radius 3 is 2.91 bits per heavy atom. The van der Waals surface area contributed by atoms with Gasteiger partial charge >= 0.3 is 0 Å². The van der Waals surface area contributed by atoms with E-state index in [2.05, 4.69) is 9.97 Å². The van der Waals surface area contributed by atoms with Gasteiger partial charge in [-0.05, 0) is 18.6 Å². The molecule has 3 heterocycles. The lowest BCUT2D eigenvalue weighted by molar-refractivity contribution is -0.129. The van der Waals surface area contributed by atoms with Crippen LogP contribution in [0, 0.1) is 0 Å². The second kappa shape index (κ2) is 8.43. The summed E-state index contributed by atoms with van der Waals surface area (Å²) in [7, 11) is 0. The van der Waals surface area contributed by atoms with Gasteiger partial charge < -0.3 is 10.6 Å². The van der Waals surface area contributed by atoms with Crippen molar-refractivity contribution in [2.24, 2.45) is 5.73 Å². The fourth-order valence-corrected chi connectivity index (χ4v) is 3.10. The summed E-state index contributed by atoms with van der Waals surface area (Å²) in [5.74, 6) is 0.112. The predicted molar refractivity (Wildman–Crippen MR) is 92.7 cm³/mol. The highest BCUT2D eigenvalue weighted by molar-refractivity contribution is 7.13. The van der Waals surface area contributed by atoms with Crippen LogP contribution >= 0.6 is 36.2 Å². The Hall–Kier alpha value is -1.21. The topological polar surface area (TPSA) is 72.1 Å². The summed E-state index contributed by atoms with van der Waals surface area (Å²) in [4.78, 5) is 22.5. The molecule has 1 saturated heterocycles. The molecule has 2 aromatic heterocycles. The van der Waals surface area contributed by atoms with E-state index in [1.165, 1.54) is 0 Å². The number of carbonyl (C=O) groups excluding carboxylic acids is 1. The summed E-state index contributed by atoms with van der Waals surface area (Å²) in [6.07, 6.45) is 4.76. The lowest BCUT2D eigenvalue weighted by atomic mass is 10.3. The average Bonchev–Trinajstić information content (AvgIpc) is 3.09. The van der Waals surface area contributed by atoms with E-state index >= 15 is 0 Å². The number of halogens is 2. The third-order valence-electron chi connectivity index (χ3n) is 3.37. The highest BCUT2D eigenvalue weighted by Gasteiger charge is 2.24. The number of pyridine rings is 1. The normalized spacial score (nSPS) is 16.8. The van der Waals surface area contributed by atoms with Gasteiger partial charge in [-0.3, -0.25) is 9.78 Å². The summed E-state index contributed by atoms with van der Waals surface area (Å²) in [5.41, 5.74) is 7.63. The average molecular weight is 361 g/mol. The number of nitrogens with two attached hydrogens (primary N) is 1. The second-order valence-electron chi connectivity index (χ2n) is 4.95. The number of hydrogen-bond donors (Lipinski definition) is 1. The van der Waals surface area contributed by atoms with Crippen molar-refractivity contribution in [1.29, 1.82) is 0 Å². The van der Waals surface area contributed by atoms with Gasteiger partial charge in [-0.2, -0.15) is 0 Å². The van der Waals surface area contributed by atoms with Crippen molar-refractivity contribution < 1.29 is 4.79 Å². The Bertz CT molecular complexity index is 608. The van der Waals surface area contributed by atoms with Crippen molar-refractivity contribution in [2.45, 2.75) is 18.9 Å². The van der Waals surface area contributed by atoms with Gasteiger partial charge in [-0.1, -0.05) is 0 Å². The molecule has 2 aromatic rings. The minimum absolute atomic E-state index is 0. The van der Waals surface area contributed by atoms with E-state index in [4.69, 9.17) is 5.73 Å². The minimum Gasteiger partial charge on any atom is -0.341 e. The molecule has 0 radical (unpaired) electrons. The van der Waals surface area contributed by atoms with Gasteiger partial charge in [0.05, 0.1) is 12.1 Å². The second-order valence-corrected chi connectivity index (χ2v) is 5.81. The molecule has 5 nitrogen and oxygen atoms in total. The summed E-state index contributed by atoms with van der Waals surface area (Å²) < 4.78 is 0. The van der Waals surface area contributed by atoms with Crippen LogP contribution in [0.4, 0.5) is 0 Å². The molecule has 0 bridgehead atoms. The van der Waals surface area contributed by atoms with Crippen LogP contribution in [-0.4, -0.2) is 39.9 Å². The molecule has 1 aliphatic rings. The summed E-state index contributed by atoms with van der Waals surface area (Å²) in [5, 5.41) is 2.84. The lowest BCUT2D eigenvalue weighted by Gasteiger charge is -2.14. The predicted octanol–water partition coefficient (Wildman–Crippen LogP) is 2.15. The van der Waals surface area contributed by atoms with Crippen LogP contribution in [-0.2, 0) is 11.2 Å². The number of amides is 1. The molecule has 0 aliphatic carbocycles. The molecular formula is C14H18Cl2N4OS. The first-order chi connectivity index (χ1) is 9.72. The van der Waals surface area contributed by atoms with Gasteiger partial charge in [-0.15, -0.1) is 36.2 Å². The Kier molecular flexibility index (Phi) is 7.22. The van der Waals surface area contributed by atoms with Gasteiger partial charge in [-0.25, -0.2) is 4.98 Å². The van der Waals surface area contributed by atoms with E-state index in [9.17, 15) is 4.79 Å². The molecule has 2 N–H and O–H groups in total. The van der Waals surface area contributed by atoms with Crippen LogP contribution in [0.5, 0.6) is 0 Å². The number of rotatable bonds is 3. The molecule has 3 rings (SSSR count). The summed E-state index contributed by atoms with van der Waals surface area (Å²) in [6, 6.07) is 3.98. The first-order valence-electron chi connectivity index (χ1n) is 6.60. The van der Waals surface area contributed by atoms with Gasteiger partial charge in [0.2, 0.25) is 5.91 Å². The Labute approximate surface area is 145 Å². The van der Waals surface area contributed by atoms with Crippen LogP contribution in [0.1, 0.15) is 12.1 Å². The number of nitrogens with zero attached hydrogens (tertiary/aromatic N) is 3. The standard InChI is InChI=1S/C14H16N4OS.2ClH/c15-11-3-5-18(8-11)13(19)6-12-9-20-14(17-12)10-2-1-4-16-7-10;;/h1-2,4,7,9,11H,3,5-6,8,15H2;2*1H/t11-;;/m1../s1. The smallest absolute Gasteiger partial charge is 0.228 e. The highest BCUT2D eigenvalue weighted by atomic mass is 35.5. The Morgan fingerprint density at radius 1 is 1.45 bits per heavy atom. The highest BCUT2D eigenvalue weighted by Crippen LogP contribution is 2.23. The van der Waals surface area contributed by atoms with Crippen molar-refractivity contribution in [1.82, 2.24) is 14.9 Å². The zero-order valence-corrected chi connectivity index (χ0v) is 14.3. The number of carbonyl (C=O) groups is 1. The van der Waals surface area contributed by atoms with Crippen molar-refractivity contribution in [3.8, 4) is 10.6 Å².